The van der Waals surface area contributed by atoms with Crippen LogP contribution in [0.25, 0.3) is 11.0 Å². The number of benzene rings is 2. The number of aryl methyl sites for hydroxylation is 1. The highest BCUT2D eigenvalue weighted by Gasteiger charge is 2.23. The number of furan rings is 1. The minimum atomic E-state index is -0.913. The molecule has 3 rings (SSSR count). The second kappa shape index (κ2) is 7.21. The van der Waals surface area contributed by atoms with Crippen molar-refractivity contribution in [2.75, 3.05) is 0 Å². The van der Waals surface area contributed by atoms with Crippen LogP contribution in [0.4, 0.5) is 0 Å². The van der Waals surface area contributed by atoms with Gasteiger partial charge in [-0.05, 0) is 25.5 Å². The van der Waals surface area contributed by atoms with Gasteiger partial charge in [-0.3, -0.25) is 4.79 Å². The third-order valence-corrected chi connectivity index (χ3v) is 3.99. The van der Waals surface area contributed by atoms with Crippen molar-refractivity contribution < 1.29 is 18.7 Å². The van der Waals surface area contributed by atoms with Gasteiger partial charge in [0.15, 0.2) is 6.10 Å². The van der Waals surface area contributed by atoms with E-state index in [0.717, 1.165) is 10.9 Å². The number of rotatable bonds is 5. The van der Waals surface area contributed by atoms with Crippen LogP contribution < -0.4 is 5.32 Å². The summed E-state index contributed by atoms with van der Waals surface area (Å²) in [6, 6.07) is 16.9. The molecule has 0 saturated carbocycles. The van der Waals surface area contributed by atoms with Gasteiger partial charge in [0, 0.05) is 17.5 Å². The van der Waals surface area contributed by atoms with Crippen LogP contribution >= 0.6 is 0 Å². The molecule has 3 aromatic rings. The maximum absolute atomic E-state index is 12.3. The van der Waals surface area contributed by atoms with Gasteiger partial charge in [-0.1, -0.05) is 48.5 Å². The number of hydrogen-bond acceptors (Lipinski definition) is 4. The van der Waals surface area contributed by atoms with Crippen molar-refractivity contribution in [3.63, 3.8) is 0 Å². The number of carbonyl (C=O) groups is 2. The molecule has 1 unspecified atom stereocenters. The number of esters is 1. The summed E-state index contributed by atoms with van der Waals surface area (Å²) in [4.78, 5) is 24.4. The summed E-state index contributed by atoms with van der Waals surface area (Å²) in [5, 5.41) is 3.61. The van der Waals surface area contributed by atoms with Gasteiger partial charge in [-0.15, -0.1) is 0 Å². The van der Waals surface area contributed by atoms with Crippen molar-refractivity contribution in [1.82, 2.24) is 5.32 Å². The maximum atomic E-state index is 12.3. The summed E-state index contributed by atoms with van der Waals surface area (Å²) in [7, 11) is 0. The Bertz CT molecular complexity index is 898. The summed E-state index contributed by atoms with van der Waals surface area (Å²) in [5.41, 5.74) is 2.30. The zero-order valence-corrected chi connectivity index (χ0v) is 14.1. The zero-order chi connectivity index (χ0) is 17.8. The molecule has 1 amide bonds. The van der Waals surface area contributed by atoms with Gasteiger partial charge in [0.05, 0.1) is 0 Å². The second-order valence-electron chi connectivity index (χ2n) is 5.80. The molecule has 25 heavy (non-hydrogen) atoms. The molecule has 5 nitrogen and oxygen atoms in total. The monoisotopic (exact) mass is 337 g/mol. The molecule has 1 N–H and O–H groups in total. The van der Waals surface area contributed by atoms with Crippen LogP contribution in [0.15, 0.2) is 59.0 Å². The first-order valence-corrected chi connectivity index (χ1v) is 8.07. The van der Waals surface area contributed by atoms with Gasteiger partial charge in [0.2, 0.25) is 5.76 Å². The molecule has 0 spiro atoms. The molecule has 0 bridgehead atoms. The minimum Gasteiger partial charge on any atom is -0.449 e. The number of para-hydroxylation sites is 1. The maximum Gasteiger partial charge on any atom is 0.375 e. The molecule has 0 aliphatic carbocycles. The Morgan fingerprint density at radius 1 is 1.08 bits per heavy atom. The van der Waals surface area contributed by atoms with Crippen LogP contribution in [0.3, 0.4) is 0 Å². The van der Waals surface area contributed by atoms with E-state index in [1.54, 1.807) is 13.0 Å². The SMILES string of the molecule is Cc1c(C(=O)OC(C)C(=O)NCc2ccccc2)oc2ccccc12. The molecular weight excluding hydrogens is 318 g/mol. The lowest BCUT2D eigenvalue weighted by atomic mass is 10.1. The van der Waals surface area contributed by atoms with Gasteiger partial charge in [-0.25, -0.2) is 4.79 Å². The normalized spacial score (nSPS) is 11.9. The lowest BCUT2D eigenvalue weighted by Crippen LogP contribution is -2.35. The Morgan fingerprint density at radius 3 is 2.48 bits per heavy atom. The van der Waals surface area contributed by atoms with E-state index in [0.29, 0.717) is 17.7 Å². The number of nitrogens with one attached hydrogen (secondary N) is 1. The largest absolute Gasteiger partial charge is 0.449 e. The van der Waals surface area contributed by atoms with E-state index in [4.69, 9.17) is 9.15 Å². The molecule has 2 aromatic carbocycles. The minimum absolute atomic E-state index is 0.129. The van der Waals surface area contributed by atoms with Crippen molar-refractivity contribution in [1.29, 1.82) is 0 Å². The third kappa shape index (κ3) is 3.71. The molecule has 0 saturated heterocycles. The molecule has 0 radical (unpaired) electrons. The predicted molar refractivity (Wildman–Crippen MR) is 94.1 cm³/mol. The fourth-order valence-corrected chi connectivity index (χ4v) is 2.57. The number of hydrogen-bond donors (Lipinski definition) is 1. The van der Waals surface area contributed by atoms with Gasteiger partial charge >= 0.3 is 5.97 Å². The lowest BCUT2D eigenvalue weighted by molar-refractivity contribution is -0.129. The first-order chi connectivity index (χ1) is 12.1. The Balaban J connectivity index is 1.63. The van der Waals surface area contributed by atoms with Gasteiger partial charge in [0.1, 0.15) is 5.58 Å². The molecule has 0 aliphatic heterocycles. The Kier molecular flexibility index (Phi) is 4.84. The number of fused-ring (bicyclic) bond motifs is 1. The molecule has 1 atom stereocenters. The highest BCUT2D eigenvalue weighted by Crippen LogP contribution is 2.25. The van der Waals surface area contributed by atoms with E-state index in [1.807, 2.05) is 48.5 Å². The molecule has 0 fully saturated rings. The highest BCUT2D eigenvalue weighted by molar-refractivity contribution is 5.97. The van der Waals surface area contributed by atoms with Crippen molar-refractivity contribution in [3.8, 4) is 0 Å². The van der Waals surface area contributed by atoms with E-state index >= 15 is 0 Å². The third-order valence-electron chi connectivity index (χ3n) is 3.99. The zero-order valence-electron chi connectivity index (χ0n) is 14.1. The average molecular weight is 337 g/mol. The Hall–Kier alpha value is -3.08. The molecule has 1 aromatic heterocycles. The standard InChI is InChI=1S/C20H19NO4/c1-13-16-10-6-7-11-17(16)25-18(13)20(23)24-14(2)19(22)21-12-15-8-4-3-5-9-15/h3-11,14H,12H2,1-2H3,(H,21,22). The molecule has 1 heterocycles. The van der Waals surface area contributed by atoms with Crippen LogP contribution in [0.2, 0.25) is 0 Å². The fourth-order valence-electron chi connectivity index (χ4n) is 2.57. The van der Waals surface area contributed by atoms with Gasteiger partial charge < -0.3 is 14.5 Å². The second-order valence-corrected chi connectivity index (χ2v) is 5.80. The van der Waals surface area contributed by atoms with Crippen molar-refractivity contribution in [3.05, 3.63) is 71.5 Å². The number of amides is 1. The highest BCUT2D eigenvalue weighted by atomic mass is 16.6. The Morgan fingerprint density at radius 2 is 1.76 bits per heavy atom. The van der Waals surface area contributed by atoms with Crippen LogP contribution in [-0.4, -0.2) is 18.0 Å². The Labute approximate surface area is 145 Å². The van der Waals surface area contributed by atoms with Crippen molar-refractivity contribution in [2.24, 2.45) is 0 Å². The molecule has 128 valence electrons. The van der Waals surface area contributed by atoms with Crippen LogP contribution in [0, 0.1) is 6.92 Å². The van der Waals surface area contributed by atoms with Crippen molar-refractivity contribution in [2.45, 2.75) is 26.5 Å². The van der Waals surface area contributed by atoms with Crippen molar-refractivity contribution >= 4 is 22.8 Å². The first kappa shape index (κ1) is 16.8. The van der Waals surface area contributed by atoms with E-state index < -0.39 is 12.1 Å². The molecule has 5 heteroatoms. The molecule has 0 aliphatic rings. The predicted octanol–water partition coefficient (Wildman–Crippen LogP) is 3.60. The smallest absolute Gasteiger partial charge is 0.375 e. The summed E-state index contributed by atoms with van der Waals surface area (Å²) in [6.45, 7) is 3.71. The molecular formula is C20H19NO4. The summed E-state index contributed by atoms with van der Waals surface area (Å²) >= 11 is 0. The van der Waals surface area contributed by atoms with Crippen LogP contribution in [0.5, 0.6) is 0 Å². The van der Waals surface area contributed by atoms with Gasteiger partial charge in [-0.2, -0.15) is 0 Å². The summed E-state index contributed by atoms with van der Waals surface area (Å²) in [6.07, 6.45) is -0.913. The van der Waals surface area contributed by atoms with E-state index in [-0.39, 0.29) is 11.7 Å². The van der Waals surface area contributed by atoms with E-state index in [1.165, 1.54) is 6.92 Å². The van der Waals surface area contributed by atoms with Crippen LogP contribution in [0.1, 0.15) is 28.6 Å². The van der Waals surface area contributed by atoms with Gasteiger partial charge in [0.25, 0.3) is 5.91 Å². The van der Waals surface area contributed by atoms with E-state index in [9.17, 15) is 9.59 Å². The lowest BCUT2D eigenvalue weighted by Gasteiger charge is -2.13. The summed E-state index contributed by atoms with van der Waals surface area (Å²) in [5.74, 6) is -0.870. The van der Waals surface area contributed by atoms with Crippen LogP contribution in [-0.2, 0) is 16.1 Å². The number of carbonyl (C=O) groups excluding carboxylic acids is 2. The topological polar surface area (TPSA) is 68.5 Å². The summed E-state index contributed by atoms with van der Waals surface area (Å²) < 4.78 is 10.8. The number of ether oxygens (including phenoxy) is 1. The first-order valence-electron chi connectivity index (χ1n) is 8.07. The van der Waals surface area contributed by atoms with E-state index in [2.05, 4.69) is 5.32 Å². The quantitative estimate of drug-likeness (QED) is 0.722. The fraction of sp³-hybridized carbons (Fsp3) is 0.200. The average Bonchev–Trinajstić information content (AvgIpc) is 2.97.